The van der Waals surface area contributed by atoms with Crippen LogP contribution in [-0.4, -0.2) is 16.0 Å². The number of rotatable bonds is 4. The smallest absolute Gasteiger partial charge is 0.136 e. The second kappa shape index (κ2) is 5.22. The average Bonchev–Trinajstić information content (AvgIpc) is 2.74. The van der Waals surface area contributed by atoms with E-state index in [1.807, 2.05) is 0 Å². The van der Waals surface area contributed by atoms with Gasteiger partial charge in [-0.3, -0.25) is 0 Å². The third-order valence-corrected chi connectivity index (χ3v) is 3.90. The molecule has 4 heteroatoms. The number of anilines is 1. The second-order valence-corrected chi connectivity index (χ2v) is 5.83. The van der Waals surface area contributed by atoms with Crippen LogP contribution in [-0.2, 0) is 12.8 Å². The fraction of sp³-hybridized carbons (Fsp3) is 0.571. The summed E-state index contributed by atoms with van der Waals surface area (Å²) in [6.45, 7) is 6.53. The van der Waals surface area contributed by atoms with Gasteiger partial charge in [0.25, 0.3) is 0 Å². The third kappa shape index (κ3) is 2.64. The van der Waals surface area contributed by atoms with Crippen LogP contribution in [0.1, 0.15) is 44.0 Å². The van der Waals surface area contributed by atoms with Crippen LogP contribution in [0.3, 0.4) is 0 Å². The van der Waals surface area contributed by atoms with E-state index in [0.29, 0.717) is 16.9 Å². The molecule has 3 nitrogen and oxygen atoms in total. The molecular formula is C14H21N3S. The molecular weight excluding hydrogens is 242 g/mol. The molecule has 0 amide bonds. The van der Waals surface area contributed by atoms with Crippen molar-refractivity contribution in [2.45, 2.75) is 46.1 Å². The standard InChI is InChI=1S/C14H21N3S/c1-8(2)9(3)16-14-11(13(15)18)7-10-5-4-6-12(10)17-14/h7-9H,4-6H2,1-3H3,(H2,15,18)(H,16,17). The molecule has 1 heterocycles. The van der Waals surface area contributed by atoms with E-state index in [-0.39, 0.29) is 0 Å². The van der Waals surface area contributed by atoms with Crippen molar-refractivity contribution in [3.8, 4) is 0 Å². The van der Waals surface area contributed by atoms with Gasteiger partial charge < -0.3 is 11.1 Å². The summed E-state index contributed by atoms with van der Waals surface area (Å²) < 4.78 is 0. The quantitative estimate of drug-likeness (QED) is 0.820. The van der Waals surface area contributed by atoms with E-state index in [9.17, 15) is 0 Å². The molecule has 1 aromatic heterocycles. The van der Waals surface area contributed by atoms with E-state index < -0.39 is 0 Å². The molecule has 0 spiro atoms. The van der Waals surface area contributed by atoms with Crippen molar-refractivity contribution in [3.05, 3.63) is 22.9 Å². The largest absolute Gasteiger partial charge is 0.389 e. The van der Waals surface area contributed by atoms with Crippen molar-refractivity contribution < 1.29 is 0 Å². The summed E-state index contributed by atoms with van der Waals surface area (Å²) >= 11 is 5.14. The molecule has 1 aromatic rings. The van der Waals surface area contributed by atoms with E-state index in [0.717, 1.165) is 24.2 Å². The van der Waals surface area contributed by atoms with E-state index >= 15 is 0 Å². The Bertz CT molecular complexity index is 468. The van der Waals surface area contributed by atoms with E-state index in [2.05, 4.69) is 32.2 Å². The van der Waals surface area contributed by atoms with Gasteiger partial charge in [0.05, 0.1) is 5.56 Å². The Morgan fingerprint density at radius 2 is 2.11 bits per heavy atom. The Balaban J connectivity index is 2.35. The second-order valence-electron chi connectivity index (χ2n) is 5.39. The van der Waals surface area contributed by atoms with E-state index in [1.165, 1.54) is 17.7 Å². The van der Waals surface area contributed by atoms with Crippen LogP contribution >= 0.6 is 12.2 Å². The Kier molecular flexibility index (Phi) is 3.85. The van der Waals surface area contributed by atoms with Crippen LogP contribution in [0.25, 0.3) is 0 Å². The van der Waals surface area contributed by atoms with Crippen LogP contribution in [0, 0.1) is 5.92 Å². The number of fused-ring (bicyclic) bond motifs is 1. The number of aromatic nitrogens is 1. The predicted octanol–water partition coefficient (Wildman–Crippen LogP) is 2.66. The van der Waals surface area contributed by atoms with Gasteiger partial charge in [-0.2, -0.15) is 0 Å². The van der Waals surface area contributed by atoms with Crippen LogP contribution < -0.4 is 11.1 Å². The average molecular weight is 263 g/mol. The first-order valence-electron chi connectivity index (χ1n) is 6.58. The molecule has 1 aliphatic rings. The van der Waals surface area contributed by atoms with Crippen LogP contribution in [0.2, 0.25) is 0 Å². The van der Waals surface area contributed by atoms with Gasteiger partial charge in [-0.25, -0.2) is 4.98 Å². The zero-order valence-electron chi connectivity index (χ0n) is 11.3. The maximum Gasteiger partial charge on any atom is 0.136 e. The minimum Gasteiger partial charge on any atom is -0.389 e. The number of nitrogens with two attached hydrogens (primary N) is 1. The Hall–Kier alpha value is -1.16. The highest BCUT2D eigenvalue weighted by atomic mass is 32.1. The first kappa shape index (κ1) is 13.3. The Morgan fingerprint density at radius 1 is 1.39 bits per heavy atom. The van der Waals surface area contributed by atoms with Crippen molar-refractivity contribution >= 4 is 23.0 Å². The lowest BCUT2D eigenvalue weighted by molar-refractivity contribution is 0.558. The van der Waals surface area contributed by atoms with Gasteiger partial charge in [-0.15, -0.1) is 0 Å². The maximum atomic E-state index is 5.81. The SMILES string of the molecule is CC(C)C(C)Nc1nc2c(cc1C(N)=S)CCC2. The van der Waals surface area contributed by atoms with Crippen LogP contribution in [0.5, 0.6) is 0 Å². The monoisotopic (exact) mass is 263 g/mol. The molecule has 0 saturated heterocycles. The summed E-state index contributed by atoms with van der Waals surface area (Å²) in [7, 11) is 0. The Morgan fingerprint density at radius 3 is 2.72 bits per heavy atom. The zero-order chi connectivity index (χ0) is 13.3. The van der Waals surface area contributed by atoms with Gasteiger partial charge in [0.2, 0.25) is 0 Å². The number of thiocarbonyl (C=S) groups is 1. The van der Waals surface area contributed by atoms with Crippen molar-refractivity contribution in [3.63, 3.8) is 0 Å². The van der Waals surface area contributed by atoms with E-state index in [1.54, 1.807) is 0 Å². The summed E-state index contributed by atoms with van der Waals surface area (Å²) in [5.74, 6) is 1.39. The molecule has 0 aromatic carbocycles. The van der Waals surface area contributed by atoms with E-state index in [4.69, 9.17) is 22.9 Å². The van der Waals surface area contributed by atoms with Gasteiger partial charge in [0.1, 0.15) is 10.8 Å². The highest BCUT2D eigenvalue weighted by Crippen LogP contribution is 2.26. The molecule has 0 bridgehead atoms. The van der Waals surface area contributed by atoms with Crippen LogP contribution in [0.4, 0.5) is 5.82 Å². The molecule has 0 fully saturated rings. The Labute approximate surface area is 114 Å². The first-order chi connectivity index (χ1) is 8.49. The number of pyridine rings is 1. The van der Waals surface area contributed by atoms with Gasteiger partial charge in [-0.05, 0) is 43.7 Å². The van der Waals surface area contributed by atoms with Gasteiger partial charge in [0.15, 0.2) is 0 Å². The van der Waals surface area contributed by atoms with Crippen molar-refractivity contribution in [1.82, 2.24) is 4.98 Å². The highest BCUT2D eigenvalue weighted by molar-refractivity contribution is 7.80. The molecule has 1 unspecified atom stereocenters. The number of nitrogens with zero attached hydrogens (tertiary/aromatic N) is 1. The summed E-state index contributed by atoms with van der Waals surface area (Å²) in [4.78, 5) is 5.14. The molecule has 0 radical (unpaired) electrons. The highest BCUT2D eigenvalue weighted by Gasteiger charge is 2.19. The molecule has 0 saturated carbocycles. The summed E-state index contributed by atoms with van der Waals surface area (Å²) in [6, 6.07) is 2.47. The number of aryl methyl sites for hydroxylation is 2. The fourth-order valence-electron chi connectivity index (χ4n) is 2.15. The molecule has 3 N–H and O–H groups in total. The predicted molar refractivity (Wildman–Crippen MR) is 80.1 cm³/mol. The van der Waals surface area contributed by atoms with Crippen molar-refractivity contribution in [2.75, 3.05) is 5.32 Å². The number of hydrogen-bond acceptors (Lipinski definition) is 3. The number of nitrogens with one attached hydrogen (secondary N) is 1. The van der Waals surface area contributed by atoms with Crippen molar-refractivity contribution in [1.29, 1.82) is 0 Å². The normalized spacial score (nSPS) is 15.6. The topological polar surface area (TPSA) is 50.9 Å². The zero-order valence-corrected chi connectivity index (χ0v) is 12.1. The molecule has 98 valence electrons. The lowest BCUT2D eigenvalue weighted by Crippen LogP contribution is -2.25. The van der Waals surface area contributed by atoms with Gasteiger partial charge >= 0.3 is 0 Å². The molecule has 1 atom stereocenters. The summed E-state index contributed by atoms with van der Waals surface area (Å²) in [5.41, 5.74) is 9.21. The lowest BCUT2D eigenvalue weighted by Gasteiger charge is -2.20. The molecule has 2 rings (SSSR count). The summed E-state index contributed by atoms with van der Waals surface area (Å²) in [6.07, 6.45) is 3.35. The van der Waals surface area contributed by atoms with Crippen molar-refractivity contribution in [2.24, 2.45) is 11.7 Å². The minimum absolute atomic E-state index is 0.352. The third-order valence-electron chi connectivity index (χ3n) is 3.68. The maximum absolute atomic E-state index is 5.81. The number of hydrogen-bond donors (Lipinski definition) is 2. The van der Waals surface area contributed by atoms with Gasteiger partial charge in [-0.1, -0.05) is 26.1 Å². The first-order valence-corrected chi connectivity index (χ1v) is 6.99. The molecule has 1 aliphatic carbocycles. The fourth-order valence-corrected chi connectivity index (χ4v) is 2.31. The molecule has 18 heavy (non-hydrogen) atoms. The lowest BCUT2D eigenvalue weighted by atomic mass is 10.1. The van der Waals surface area contributed by atoms with Gasteiger partial charge in [0, 0.05) is 11.7 Å². The minimum atomic E-state index is 0.352. The summed E-state index contributed by atoms with van der Waals surface area (Å²) in [5, 5.41) is 3.44. The molecule has 0 aliphatic heterocycles. The van der Waals surface area contributed by atoms with Crippen LogP contribution in [0.15, 0.2) is 6.07 Å².